The van der Waals surface area contributed by atoms with Crippen LogP contribution in [-0.2, 0) is 20.9 Å². The zero-order valence-electron chi connectivity index (χ0n) is 13.4. The van der Waals surface area contributed by atoms with E-state index in [-0.39, 0.29) is 12.5 Å². The smallest absolute Gasteiger partial charge is 0.338 e. The van der Waals surface area contributed by atoms with Gasteiger partial charge >= 0.3 is 5.97 Å². The number of hydrogen-bond acceptors (Lipinski definition) is 4. The minimum atomic E-state index is -0.510. The topological polar surface area (TPSA) is 55.8 Å². The lowest BCUT2D eigenvalue weighted by Gasteiger charge is -2.20. The molecule has 1 amide bonds. The molecule has 5 nitrogen and oxygen atoms in total. The fraction of sp³-hybridized carbons (Fsp3) is 0.412. The first-order valence-electron chi connectivity index (χ1n) is 7.15. The molecule has 0 spiro atoms. The van der Waals surface area contributed by atoms with E-state index in [1.165, 1.54) is 0 Å². The lowest BCUT2D eigenvalue weighted by Crippen LogP contribution is -2.35. The third kappa shape index (κ3) is 5.69. The molecule has 1 aromatic rings. The quantitative estimate of drug-likeness (QED) is 0.547. The van der Waals surface area contributed by atoms with Gasteiger partial charge < -0.3 is 14.4 Å². The van der Waals surface area contributed by atoms with Crippen LogP contribution in [0.4, 0.5) is 0 Å². The maximum Gasteiger partial charge on any atom is 0.338 e. The Morgan fingerprint density at radius 1 is 1.23 bits per heavy atom. The Morgan fingerprint density at radius 2 is 1.86 bits per heavy atom. The fourth-order valence-corrected chi connectivity index (χ4v) is 1.91. The molecule has 0 atom stereocenters. The van der Waals surface area contributed by atoms with Crippen LogP contribution in [0.2, 0.25) is 0 Å². The number of rotatable bonds is 8. The van der Waals surface area contributed by atoms with Crippen molar-refractivity contribution < 1.29 is 19.1 Å². The van der Waals surface area contributed by atoms with Crippen molar-refractivity contribution in [3.63, 3.8) is 0 Å². The van der Waals surface area contributed by atoms with Crippen LogP contribution in [0.1, 0.15) is 29.8 Å². The van der Waals surface area contributed by atoms with Gasteiger partial charge in [-0.25, -0.2) is 4.79 Å². The van der Waals surface area contributed by atoms with Gasteiger partial charge in [0, 0.05) is 20.2 Å². The van der Waals surface area contributed by atoms with Crippen LogP contribution in [-0.4, -0.2) is 43.6 Å². The fourth-order valence-electron chi connectivity index (χ4n) is 1.91. The van der Waals surface area contributed by atoms with Gasteiger partial charge in [-0.2, -0.15) is 0 Å². The highest BCUT2D eigenvalue weighted by atomic mass is 16.5. The zero-order chi connectivity index (χ0) is 16.5. The summed E-state index contributed by atoms with van der Waals surface area (Å²) in [5.41, 5.74) is 2.26. The van der Waals surface area contributed by atoms with Crippen LogP contribution >= 0.6 is 0 Å². The molecule has 0 radical (unpaired) electrons. The average molecular weight is 305 g/mol. The number of ether oxygens (including phenoxy) is 2. The largest absolute Gasteiger partial charge is 0.452 e. The highest BCUT2D eigenvalue weighted by Crippen LogP contribution is 2.07. The maximum absolute atomic E-state index is 12.0. The van der Waals surface area contributed by atoms with Crippen molar-refractivity contribution in [2.75, 3.05) is 26.8 Å². The van der Waals surface area contributed by atoms with Crippen LogP contribution in [0.15, 0.2) is 36.4 Å². The second-order valence-corrected chi connectivity index (χ2v) is 5.07. The summed E-state index contributed by atoms with van der Waals surface area (Å²) < 4.78 is 10.1. The first-order valence-corrected chi connectivity index (χ1v) is 7.15. The number of esters is 1. The van der Waals surface area contributed by atoms with Crippen molar-refractivity contribution in [3.05, 3.63) is 47.5 Å². The maximum atomic E-state index is 12.0. The third-order valence-corrected chi connectivity index (χ3v) is 3.02. The molecule has 1 aromatic carbocycles. The number of amides is 1. The van der Waals surface area contributed by atoms with E-state index in [1.54, 1.807) is 36.3 Å². The Morgan fingerprint density at radius 3 is 2.36 bits per heavy atom. The van der Waals surface area contributed by atoms with Crippen molar-refractivity contribution in [2.45, 2.75) is 20.5 Å². The lowest BCUT2D eigenvalue weighted by atomic mass is 10.1. The molecule has 1 rings (SSSR count). The Hall–Kier alpha value is -2.14. The van der Waals surface area contributed by atoms with E-state index in [9.17, 15) is 9.59 Å². The minimum Gasteiger partial charge on any atom is -0.452 e. The predicted octanol–water partition coefficient (Wildman–Crippen LogP) is 2.41. The molecule has 0 aliphatic rings. The molecule has 0 unspecified atom stereocenters. The van der Waals surface area contributed by atoms with Gasteiger partial charge in [-0.1, -0.05) is 24.3 Å². The number of carbonyl (C=O) groups is 2. The number of nitrogens with zero attached hydrogens (tertiary/aromatic N) is 1. The summed E-state index contributed by atoms with van der Waals surface area (Å²) in [6.45, 7) is 8.75. The van der Waals surface area contributed by atoms with Crippen LogP contribution < -0.4 is 0 Å². The van der Waals surface area contributed by atoms with Gasteiger partial charge in [0.25, 0.3) is 5.91 Å². The SMILES string of the molecule is C=C(C)CN(CC)C(=O)COC(=O)c1ccc(COC)cc1. The van der Waals surface area contributed by atoms with E-state index in [2.05, 4.69) is 6.58 Å². The molecule has 0 saturated heterocycles. The number of hydrogen-bond donors (Lipinski definition) is 0. The number of methoxy groups -OCH3 is 1. The Kier molecular flexibility index (Phi) is 7.32. The van der Waals surface area contributed by atoms with Crippen molar-refractivity contribution in [1.29, 1.82) is 0 Å². The molecular weight excluding hydrogens is 282 g/mol. The van der Waals surface area contributed by atoms with Crippen molar-refractivity contribution in [3.8, 4) is 0 Å². The zero-order valence-corrected chi connectivity index (χ0v) is 13.4. The molecular formula is C17H23NO4. The summed E-state index contributed by atoms with van der Waals surface area (Å²) in [6, 6.07) is 6.90. The van der Waals surface area contributed by atoms with Crippen LogP contribution in [0.3, 0.4) is 0 Å². The molecule has 0 aliphatic heterocycles. The molecule has 5 heteroatoms. The van der Waals surface area contributed by atoms with E-state index in [0.717, 1.165) is 11.1 Å². The average Bonchev–Trinajstić information content (AvgIpc) is 2.50. The highest BCUT2D eigenvalue weighted by molar-refractivity contribution is 5.91. The number of carbonyl (C=O) groups excluding carboxylic acids is 2. The molecule has 22 heavy (non-hydrogen) atoms. The summed E-state index contributed by atoms with van der Waals surface area (Å²) in [5.74, 6) is -0.737. The van der Waals surface area contributed by atoms with Gasteiger partial charge in [0.15, 0.2) is 6.61 Å². The van der Waals surface area contributed by atoms with E-state index in [1.807, 2.05) is 13.8 Å². The third-order valence-electron chi connectivity index (χ3n) is 3.02. The second kappa shape index (κ2) is 9.00. The molecule has 0 aromatic heterocycles. The van der Waals surface area contributed by atoms with Crippen molar-refractivity contribution in [1.82, 2.24) is 4.90 Å². The van der Waals surface area contributed by atoms with Crippen molar-refractivity contribution in [2.24, 2.45) is 0 Å². The first-order chi connectivity index (χ1) is 10.5. The molecule has 0 aliphatic carbocycles. The van der Waals surface area contributed by atoms with E-state index < -0.39 is 5.97 Å². The summed E-state index contributed by atoms with van der Waals surface area (Å²) >= 11 is 0. The highest BCUT2D eigenvalue weighted by Gasteiger charge is 2.15. The van der Waals surface area contributed by atoms with Gasteiger partial charge in [0.2, 0.25) is 0 Å². The van der Waals surface area contributed by atoms with Gasteiger partial charge in [-0.15, -0.1) is 0 Å². The Balaban J connectivity index is 2.54. The number of likely N-dealkylation sites (N-methyl/N-ethyl adjacent to an activating group) is 1. The lowest BCUT2D eigenvalue weighted by molar-refractivity contribution is -0.133. The van der Waals surface area contributed by atoms with E-state index in [4.69, 9.17) is 9.47 Å². The molecule has 0 saturated carbocycles. The molecule has 0 N–H and O–H groups in total. The first kappa shape index (κ1) is 17.9. The Labute approximate surface area is 131 Å². The summed E-state index contributed by atoms with van der Waals surface area (Å²) in [4.78, 5) is 25.5. The predicted molar refractivity (Wildman–Crippen MR) is 84.5 cm³/mol. The molecule has 0 heterocycles. The molecule has 0 fully saturated rings. The minimum absolute atomic E-state index is 0.227. The standard InChI is InChI=1S/C17H23NO4/c1-5-18(10-13(2)3)16(19)12-22-17(20)15-8-6-14(7-9-15)11-21-4/h6-9H,2,5,10-12H2,1,3-4H3. The van der Waals surface area contributed by atoms with Gasteiger partial charge in [0.1, 0.15) is 0 Å². The molecule has 0 bridgehead atoms. The van der Waals surface area contributed by atoms with E-state index >= 15 is 0 Å². The summed E-state index contributed by atoms with van der Waals surface area (Å²) in [6.07, 6.45) is 0. The normalized spacial score (nSPS) is 10.1. The van der Waals surface area contributed by atoms with Crippen molar-refractivity contribution >= 4 is 11.9 Å². The van der Waals surface area contributed by atoms with Gasteiger partial charge in [-0.3, -0.25) is 4.79 Å². The van der Waals surface area contributed by atoms with Crippen LogP contribution in [0, 0.1) is 0 Å². The van der Waals surface area contributed by atoms with Crippen LogP contribution in [0.25, 0.3) is 0 Å². The molecule has 120 valence electrons. The second-order valence-electron chi connectivity index (χ2n) is 5.07. The monoisotopic (exact) mass is 305 g/mol. The Bertz CT molecular complexity index is 522. The number of benzene rings is 1. The van der Waals surface area contributed by atoms with Crippen LogP contribution in [0.5, 0.6) is 0 Å². The summed E-state index contributed by atoms with van der Waals surface area (Å²) in [7, 11) is 1.61. The summed E-state index contributed by atoms with van der Waals surface area (Å²) in [5, 5.41) is 0. The van der Waals surface area contributed by atoms with Gasteiger partial charge in [0.05, 0.1) is 12.2 Å². The van der Waals surface area contributed by atoms with E-state index in [0.29, 0.717) is 25.3 Å². The van der Waals surface area contributed by atoms with Gasteiger partial charge in [-0.05, 0) is 31.5 Å².